The normalized spacial score (nSPS) is 20.9. The van der Waals surface area contributed by atoms with E-state index in [0.717, 1.165) is 43.6 Å². The Balaban J connectivity index is 2.26. The summed E-state index contributed by atoms with van der Waals surface area (Å²) in [6.07, 6.45) is 2.72. The summed E-state index contributed by atoms with van der Waals surface area (Å²) in [6.45, 7) is 4.93. The van der Waals surface area contributed by atoms with Gasteiger partial charge in [0.2, 0.25) is 0 Å². The van der Waals surface area contributed by atoms with Gasteiger partial charge in [-0.2, -0.15) is 13.2 Å². The highest BCUT2D eigenvalue weighted by molar-refractivity contribution is 7.11. The molecule has 1 fully saturated rings. The van der Waals surface area contributed by atoms with Gasteiger partial charge < -0.3 is 5.32 Å². The first-order valence-corrected chi connectivity index (χ1v) is 7.95. The number of rotatable bonds is 4. The van der Waals surface area contributed by atoms with Crippen molar-refractivity contribution in [3.05, 3.63) is 16.1 Å². The minimum absolute atomic E-state index is 0.0265. The van der Waals surface area contributed by atoms with Crippen molar-refractivity contribution in [2.24, 2.45) is 5.41 Å². The molecular weight excluding hydrogens is 285 g/mol. The van der Waals surface area contributed by atoms with Crippen LogP contribution in [0.3, 0.4) is 0 Å². The van der Waals surface area contributed by atoms with Gasteiger partial charge in [-0.1, -0.05) is 33.1 Å². The molecule has 1 N–H and O–H groups in total. The third-order valence-corrected chi connectivity index (χ3v) is 5.26. The van der Waals surface area contributed by atoms with E-state index in [1.807, 2.05) is 6.92 Å². The van der Waals surface area contributed by atoms with E-state index in [4.69, 9.17) is 0 Å². The zero-order valence-electron chi connectivity index (χ0n) is 11.9. The van der Waals surface area contributed by atoms with Gasteiger partial charge in [0.05, 0.1) is 0 Å². The zero-order chi connectivity index (χ0) is 14.8. The molecule has 1 unspecified atom stereocenters. The van der Waals surface area contributed by atoms with Gasteiger partial charge in [0.15, 0.2) is 5.01 Å². The molecule has 1 saturated carbocycles. The van der Waals surface area contributed by atoms with Gasteiger partial charge in [0.1, 0.15) is 0 Å². The van der Waals surface area contributed by atoms with Crippen molar-refractivity contribution in [3.8, 4) is 0 Å². The predicted octanol–water partition coefficient (Wildman–Crippen LogP) is 4.78. The Bertz CT molecular complexity index is 436. The van der Waals surface area contributed by atoms with E-state index in [0.29, 0.717) is 4.88 Å². The van der Waals surface area contributed by atoms with Gasteiger partial charge in [0, 0.05) is 17.1 Å². The topological polar surface area (TPSA) is 24.9 Å². The molecule has 1 aromatic rings. The lowest BCUT2D eigenvalue weighted by Crippen LogP contribution is -2.37. The minimum Gasteiger partial charge on any atom is -0.309 e. The Hall–Kier alpha value is -0.620. The maximum atomic E-state index is 12.7. The average molecular weight is 306 g/mol. The van der Waals surface area contributed by atoms with Crippen LogP contribution < -0.4 is 5.32 Å². The van der Waals surface area contributed by atoms with Crippen LogP contribution in [0.4, 0.5) is 13.2 Å². The first-order chi connectivity index (χ1) is 9.37. The smallest absolute Gasteiger partial charge is 0.309 e. The third kappa shape index (κ3) is 3.34. The summed E-state index contributed by atoms with van der Waals surface area (Å²) in [4.78, 5) is 4.28. The standard InChI is InChI=1S/C14H21F3N2S/c1-3-18-11(13(2)7-5-4-6-8-13)10-9-19-12(20-10)14(15,16)17/h9,11,18H,3-8H2,1-2H3. The fourth-order valence-corrected chi connectivity index (χ4v) is 4.13. The Morgan fingerprint density at radius 2 is 2.00 bits per heavy atom. The van der Waals surface area contributed by atoms with Gasteiger partial charge in [-0.15, -0.1) is 11.3 Å². The van der Waals surface area contributed by atoms with Gasteiger partial charge in [0.25, 0.3) is 0 Å². The van der Waals surface area contributed by atoms with E-state index in [1.54, 1.807) is 0 Å². The second kappa shape index (κ2) is 6.02. The summed E-state index contributed by atoms with van der Waals surface area (Å²) in [6, 6.07) is -0.0265. The van der Waals surface area contributed by atoms with Gasteiger partial charge in [-0.3, -0.25) is 0 Å². The lowest BCUT2D eigenvalue weighted by Gasteiger charge is -2.40. The maximum Gasteiger partial charge on any atom is 0.443 e. The van der Waals surface area contributed by atoms with Crippen LogP contribution in [0.2, 0.25) is 0 Å². The summed E-state index contributed by atoms with van der Waals surface area (Å²) >= 11 is 0.781. The van der Waals surface area contributed by atoms with E-state index < -0.39 is 11.2 Å². The van der Waals surface area contributed by atoms with Crippen molar-refractivity contribution < 1.29 is 13.2 Å². The molecule has 6 heteroatoms. The Labute approximate surface area is 121 Å². The Morgan fingerprint density at radius 3 is 2.50 bits per heavy atom. The monoisotopic (exact) mass is 306 g/mol. The highest BCUT2D eigenvalue weighted by Gasteiger charge is 2.40. The fourth-order valence-electron chi connectivity index (χ4n) is 3.09. The molecule has 20 heavy (non-hydrogen) atoms. The van der Waals surface area contributed by atoms with Crippen LogP contribution in [0.25, 0.3) is 0 Å². The molecule has 0 aliphatic heterocycles. The number of thiazole rings is 1. The maximum absolute atomic E-state index is 12.7. The van der Waals surface area contributed by atoms with Crippen LogP contribution in [0.5, 0.6) is 0 Å². The molecule has 0 saturated heterocycles. The lowest BCUT2D eigenvalue weighted by atomic mass is 9.70. The highest BCUT2D eigenvalue weighted by atomic mass is 32.1. The van der Waals surface area contributed by atoms with Crippen molar-refractivity contribution in [1.82, 2.24) is 10.3 Å². The molecule has 1 heterocycles. The van der Waals surface area contributed by atoms with E-state index >= 15 is 0 Å². The van der Waals surface area contributed by atoms with Crippen molar-refractivity contribution in [1.29, 1.82) is 0 Å². The van der Waals surface area contributed by atoms with Crippen molar-refractivity contribution in [3.63, 3.8) is 0 Å². The van der Waals surface area contributed by atoms with Crippen LogP contribution in [-0.2, 0) is 6.18 Å². The number of hydrogen-bond acceptors (Lipinski definition) is 3. The highest BCUT2D eigenvalue weighted by Crippen LogP contribution is 2.47. The van der Waals surface area contributed by atoms with E-state index in [9.17, 15) is 13.2 Å². The molecule has 0 amide bonds. The van der Waals surface area contributed by atoms with Crippen LogP contribution in [0, 0.1) is 5.41 Å². The molecule has 1 aliphatic rings. The summed E-state index contributed by atoms with van der Waals surface area (Å²) < 4.78 is 38.1. The van der Waals surface area contributed by atoms with Gasteiger partial charge in [-0.25, -0.2) is 4.98 Å². The molecule has 1 aromatic heterocycles. The van der Waals surface area contributed by atoms with Crippen molar-refractivity contribution in [2.45, 2.75) is 58.2 Å². The predicted molar refractivity (Wildman–Crippen MR) is 74.7 cm³/mol. The third-order valence-electron chi connectivity index (χ3n) is 4.15. The molecule has 1 atom stereocenters. The van der Waals surface area contributed by atoms with Gasteiger partial charge >= 0.3 is 6.18 Å². The summed E-state index contributed by atoms with van der Waals surface area (Å²) in [5.41, 5.74) is 0.0314. The van der Waals surface area contributed by atoms with Gasteiger partial charge in [-0.05, 0) is 24.8 Å². The molecule has 2 rings (SSSR count). The molecule has 2 nitrogen and oxygen atoms in total. The van der Waals surface area contributed by atoms with Crippen LogP contribution in [-0.4, -0.2) is 11.5 Å². The van der Waals surface area contributed by atoms with E-state index in [-0.39, 0.29) is 11.5 Å². The molecule has 0 spiro atoms. The van der Waals surface area contributed by atoms with E-state index in [1.165, 1.54) is 12.6 Å². The SMILES string of the molecule is CCNC(c1cnc(C(F)(F)F)s1)C1(C)CCCCC1. The van der Waals surface area contributed by atoms with Crippen LogP contribution in [0.15, 0.2) is 6.20 Å². The number of alkyl halides is 3. The second-order valence-electron chi connectivity index (χ2n) is 5.77. The fraction of sp³-hybridized carbons (Fsp3) is 0.786. The quantitative estimate of drug-likeness (QED) is 0.865. The Kier molecular flexibility index (Phi) is 4.74. The number of nitrogens with one attached hydrogen (secondary N) is 1. The number of hydrogen-bond donors (Lipinski definition) is 1. The van der Waals surface area contributed by atoms with Crippen LogP contribution >= 0.6 is 11.3 Å². The minimum atomic E-state index is -4.34. The summed E-state index contributed by atoms with van der Waals surface area (Å²) in [7, 11) is 0. The lowest BCUT2D eigenvalue weighted by molar-refractivity contribution is -0.137. The van der Waals surface area contributed by atoms with Crippen molar-refractivity contribution >= 4 is 11.3 Å². The molecule has 0 aromatic carbocycles. The largest absolute Gasteiger partial charge is 0.443 e. The van der Waals surface area contributed by atoms with Crippen LogP contribution in [0.1, 0.15) is 61.9 Å². The Morgan fingerprint density at radius 1 is 1.35 bits per heavy atom. The summed E-state index contributed by atoms with van der Waals surface area (Å²) in [5.74, 6) is 0. The zero-order valence-corrected chi connectivity index (χ0v) is 12.7. The first-order valence-electron chi connectivity index (χ1n) is 7.13. The summed E-state index contributed by atoms with van der Waals surface area (Å²) in [5, 5.41) is 2.64. The molecular formula is C14H21F3N2S. The number of halogens is 3. The second-order valence-corrected chi connectivity index (χ2v) is 6.83. The number of aromatic nitrogens is 1. The molecule has 0 bridgehead atoms. The van der Waals surface area contributed by atoms with Crippen molar-refractivity contribution in [2.75, 3.05) is 6.54 Å². The number of nitrogens with zero attached hydrogens (tertiary/aromatic N) is 1. The molecule has 1 aliphatic carbocycles. The molecule has 0 radical (unpaired) electrons. The van der Waals surface area contributed by atoms with E-state index in [2.05, 4.69) is 17.2 Å². The first kappa shape index (κ1) is 15.8. The molecule has 114 valence electrons. The average Bonchev–Trinajstić information content (AvgIpc) is 2.85.